The summed E-state index contributed by atoms with van der Waals surface area (Å²) in [6.45, 7) is 1.75. The average molecular weight is 454 g/mol. The van der Waals surface area contributed by atoms with Gasteiger partial charge < -0.3 is 15.2 Å². The van der Waals surface area contributed by atoms with Crippen LogP contribution in [0.5, 0.6) is 11.5 Å². The fraction of sp³-hybridized carbons (Fsp3) is 0.176. The Morgan fingerprint density at radius 1 is 1.33 bits per heavy atom. The van der Waals surface area contributed by atoms with E-state index < -0.39 is 10.8 Å². The van der Waals surface area contributed by atoms with Crippen LogP contribution in [0.4, 0.5) is 11.4 Å². The third kappa shape index (κ3) is 5.90. The van der Waals surface area contributed by atoms with Crippen molar-refractivity contribution in [1.29, 1.82) is 0 Å². The van der Waals surface area contributed by atoms with Gasteiger partial charge in [0.2, 0.25) is 0 Å². The van der Waals surface area contributed by atoms with Crippen molar-refractivity contribution in [3.05, 3.63) is 56.5 Å². The van der Waals surface area contributed by atoms with Crippen LogP contribution in [0.2, 0.25) is 0 Å². The second-order valence-electron chi connectivity index (χ2n) is 5.37. The van der Waals surface area contributed by atoms with Crippen LogP contribution in [0.1, 0.15) is 12.5 Å². The van der Waals surface area contributed by atoms with E-state index >= 15 is 0 Å². The number of thiocarbonyl (C=S) groups is 1. The Labute approximate surface area is 168 Å². The molecule has 0 unspecified atom stereocenters. The molecule has 0 saturated heterocycles. The average Bonchev–Trinajstić information content (AvgIpc) is 2.62. The topological polar surface area (TPSA) is 114 Å². The minimum absolute atomic E-state index is 0.00770. The number of anilines is 1. The molecule has 2 aromatic rings. The molecule has 0 bridgehead atoms. The molecular formula is C17H16BrN3O5S. The van der Waals surface area contributed by atoms with Crippen molar-refractivity contribution in [3.8, 4) is 11.5 Å². The Morgan fingerprint density at radius 3 is 2.70 bits per heavy atom. The summed E-state index contributed by atoms with van der Waals surface area (Å²) in [6, 6.07) is 8.98. The summed E-state index contributed by atoms with van der Waals surface area (Å²) in [5.41, 5.74) is 0.905. The van der Waals surface area contributed by atoms with Crippen LogP contribution >= 0.6 is 28.1 Å². The molecule has 10 heteroatoms. The summed E-state index contributed by atoms with van der Waals surface area (Å²) in [7, 11) is 0. The minimum atomic E-state index is -0.609. The molecule has 1 amide bonds. The molecule has 0 aliphatic heterocycles. The van der Waals surface area contributed by atoms with E-state index in [1.54, 1.807) is 6.07 Å². The number of ether oxygens (including phenoxy) is 1. The number of nitro benzene ring substituents is 1. The Balaban J connectivity index is 1.91. The first-order valence-electron chi connectivity index (χ1n) is 7.79. The number of non-ortho nitro benzene ring substituents is 1. The maximum atomic E-state index is 12.0. The molecule has 0 aromatic heterocycles. The highest BCUT2D eigenvalue weighted by atomic mass is 79.9. The van der Waals surface area contributed by atoms with Gasteiger partial charge in [-0.2, -0.15) is 0 Å². The Kier molecular flexibility index (Phi) is 7.08. The number of amides is 1. The van der Waals surface area contributed by atoms with Gasteiger partial charge in [-0.05, 0) is 58.3 Å². The molecular weight excluding hydrogens is 438 g/mol. The van der Waals surface area contributed by atoms with E-state index in [0.717, 1.165) is 34.7 Å². The SMILES string of the molecule is CCc1ccc(OCC(=O)NC(=S)Nc2cc([N+](=O)[O-])ccc2O)c(Br)c1. The number of nitrogens with one attached hydrogen (secondary N) is 2. The van der Waals surface area contributed by atoms with Crippen LogP contribution in [-0.2, 0) is 11.2 Å². The van der Waals surface area contributed by atoms with Crippen molar-refractivity contribution in [2.24, 2.45) is 0 Å². The molecule has 0 spiro atoms. The molecule has 2 aromatic carbocycles. The number of aryl methyl sites for hydroxylation is 1. The molecule has 8 nitrogen and oxygen atoms in total. The van der Waals surface area contributed by atoms with Crippen LogP contribution in [-0.4, -0.2) is 27.7 Å². The van der Waals surface area contributed by atoms with Crippen LogP contribution in [0.3, 0.4) is 0 Å². The van der Waals surface area contributed by atoms with Gasteiger partial charge >= 0.3 is 0 Å². The van der Waals surface area contributed by atoms with Crippen molar-refractivity contribution in [3.63, 3.8) is 0 Å². The molecule has 0 heterocycles. The quantitative estimate of drug-likeness (QED) is 0.265. The van der Waals surface area contributed by atoms with Crippen molar-refractivity contribution in [2.45, 2.75) is 13.3 Å². The van der Waals surface area contributed by atoms with Crippen LogP contribution in [0, 0.1) is 10.1 Å². The van der Waals surface area contributed by atoms with Gasteiger partial charge in [-0.25, -0.2) is 0 Å². The van der Waals surface area contributed by atoms with Gasteiger partial charge in [0.1, 0.15) is 11.5 Å². The van der Waals surface area contributed by atoms with Crippen molar-refractivity contribution < 1.29 is 19.6 Å². The first-order valence-corrected chi connectivity index (χ1v) is 8.99. The molecule has 0 aliphatic carbocycles. The fourth-order valence-electron chi connectivity index (χ4n) is 2.08. The molecule has 0 saturated carbocycles. The molecule has 0 fully saturated rings. The maximum Gasteiger partial charge on any atom is 0.271 e. The first-order chi connectivity index (χ1) is 12.8. The molecule has 0 aliphatic rings. The number of nitro groups is 1. The van der Waals surface area contributed by atoms with Crippen molar-refractivity contribution >= 4 is 50.5 Å². The monoisotopic (exact) mass is 453 g/mol. The summed E-state index contributed by atoms with van der Waals surface area (Å²) in [6.07, 6.45) is 0.879. The number of rotatable bonds is 6. The number of carbonyl (C=O) groups excluding carboxylic acids is 1. The highest BCUT2D eigenvalue weighted by molar-refractivity contribution is 9.10. The number of carbonyl (C=O) groups is 1. The third-order valence-electron chi connectivity index (χ3n) is 3.46. The second-order valence-corrected chi connectivity index (χ2v) is 6.63. The number of hydrogen-bond acceptors (Lipinski definition) is 6. The van der Waals surface area contributed by atoms with Gasteiger partial charge in [-0.3, -0.25) is 20.2 Å². The summed E-state index contributed by atoms with van der Waals surface area (Å²) in [4.78, 5) is 22.1. The predicted octanol–water partition coefficient (Wildman–Crippen LogP) is 3.52. The van der Waals surface area contributed by atoms with E-state index in [4.69, 9.17) is 17.0 Å². The predicted molar refractivity (Wildman–Crippen MR) is 108 cm³/mol. The lowest BCUT2D eigenvalue weighted by molar-refractivity contribution is -0.384. The van der Waals surface area contributed by atoms with Gasteiger partial charge in [0.25, 0.3) is 11.6 Å². The summed E-state index contributed by atoms with van der Waals surface area (Å²) in [5, 5.41) is 25.3. The number of halogens is 1. The zero-order chi connectivity index (χ0) is 20.0. The van der Waals surface area contributed by atoms with Gasteiger partial charge in [0.15, 0.2) is 11.7 Å². The minimum Gasteiger partial charge on any atom is -0.506 e. The smallest absolute Gasteiger partial charge is 0.271 e. The zero-order valence-corrected chi connectivity index (χ0v) is 16.6. The Morgan fingerprint density at radius 2 is 2.07 bits per heavy atom. The van der Waals surface area contributed by atoms with Gasteiger partial charge in [0, 0.05) is 12.1 Å². The lowest BCUT2D eigenvalue weighted by Crippen LogP contribution is -2.37. The molecule has 2 rings (SSSR count). The standard InChI is InChI=1S/C17H16BrN3O5S/c1-2-10-3-6-15(12(18)7-10)26-9-16(23)20-17(27)19-13-8-11(21(24)25)4-5-14(13)22/h3-8,22H,2,9H2,1H3,(H2,19,20,23,27). The number of aromatic hydroxyl groups is 1. The van der Waals surface area contributed by atoms with Crippen LogP contribution in [0.25, 0.3) is 0 Å². The molecule has 0 radical (unpaired) electrons. The van der Waals surface area contributed by atoms with Gasteiger partial charge in [-0.1, -0.05) is 13.0 Å². The number of benzene rings is 2. The Hall–Kier alpha value is -2.72. The van der Waals surface area contributed by atoms with E-state index in [1.807, 2.05) is 19.1 Å². The summed E-state index contributed by atoms with van der Waals surface area (Å²) < 4.78 is 6.17. The highest BCUT2D eigenvalue weighted by Gasteiger charge is 2.13. The van der Waals surface area contributed by atoms with E-state index in [2.05, 4.69) is 26.6 Å². The lowest BCUT2D eigenvalue weighted by Gasteiger charge is -2.12. The Bertz CT molecular complexity index is 891. The van der Waals surface area contributed by atoms with Crippen LogP contribution < -0.4 is 15.4 Å². The number of nitrogens with zero attached hydrogens (tertiary/aromatic N) is 1. The number of phenolic OH excluding ortho intramolecular Hbond substituents is 1. The molecule has 27 heavy (non-hydrogen) atoms. The second kappa shape index (κ2) is 9.28. The number of phenols is 1. The van der Waals surface area contributed by atoms with E-state index in [9.17, 15) is 20.0 Å². The fourth-order valence-corrected chi connectivity index (χ4v) is 2.84. The largest absolute Gasteiger partial charge is 0.506 e. The van der Waals surface area contributed by atoms with E-state index in [1.165, 1.54) is 0 Å². The van der Waals surface area contributed by atoms with Gasteiger partial charge in [-0.15, -0.1) is 0 Å². The number of hydrogen-bond donors (Lipinski definition) is 3. The maximum absolute atomic E-state index is 12.0. The highest BCUT2D eigenvalue weighted by Crippen LogP contribution is 2.28. The third-order valence-corrected chi connectivity index (χ3v) is 4.28. The summed E-state index contributed by atoms with van der Waals surface area (Å²) in [5.74, 6) is -0.255. The van der Waals surface area contributed by atoms with Crippen molar-refractivity contribution in [1.82, 2.24) is 5.32 Å². The first kappa shape index (κ1) is 20.6. The lowest BCUT2D eigenvalue weighted by atomic mass is 10.2. The molecule has 142 valence electrons. The van der Waals surface area contributed by atoms with Crippen molar-refractivity contribution in [2.75, 3.05) is 11.9 Å². The normalized spacial score (nSPS) is 10.1. The van der Waals surface area contributed by atoms with Crippen LogP contribution in [0.15, 0.2) is 40.9 Å². The molecule has 3 N–H and O–H groups in total. The zero-order valence-electron chi connectivity index (χ0n) is 14.2. The molecule has 0 atom stereocenters. The van der Waals surface area contributed by atoms with E-state index in [-0.39, 0.29) is 28.8 Å². The summed E-state index contributed by atoms with van der Waals surface area (Å²) >= 11 is 8.36. The van der Waals surface area contributed by atoms with Gasteiger partial charge in [0.05, 0.1) is 15.1 Å². The van der Waals surface area contributed by atoms with E-state index in [0.29, 0.717) is 5.75 Å².